The largest absolute Gasteiger partial charge is 0.395 e. The minimum Gasteiger partial charge on any atom is -0.395 e. The van der Waals surface area contributed by atoms with Gasteiger partial charge >= 0.3 is 5.69 Å². The van der Waals surface area contributed by atoms with Crippen molar-refractivity contribution in [2.75, 3.05) is 25.6 Å². The molecule has 0 radical (unpaired) electrons. The molecule has 3 atom stereocenters. The van der Waals surface area contributed by atoms with Crippen LogP contribution in [-0.4, -0.2) is 51.5 Å². The van der Waals surface area contributed by atoms with E-state index < -0.39 is 37.5 Å². The van der Waals surface area contributed by atoms with Gasteiger partial charge in [-0.3, -0.25) is 19.1 Å². The highest BCUT2D eigenvalue weighted by Gasteiger charge is 2.27. The van der Waals surface area contributed by atoms with Gasteiger partial charge in [-0.15, -0.1) is 0 Å². The number of benzene rings is 1. The van der Waals surface area contributed by atoms with Gasteiger partial charge in [-0.1, -0.05) is 48.2 Å². The highest BCUT2D eigenvalue weighted by molar-refractivity contribution is 8.13. The molecule has 1 aliphatic rings. The van der Waals surface area contributed by atoms with Crippen LogP contribution in [0.15, 0.2) is 58.3 Å². The van der Waals surface area contributed by atoms with Gasteiger partial charge in [0.2, 0.25) is 0 Å². The van der Waals surface area contributed by atoms with Crippen LogP contribution < -0.4 is 16.3 Å². The number of aromatic amines is 1. The second-order valence-corrected chi connectivity index (χ2v) is 11.2. The SMILES string of the molecule is Cc1cn(C2C=CC(COP(NCc3ccccc3)OCCSC(=O)C(C)(C)CO)O2)c(=O)[nH]c1=O. The number of H-pyrrole nitrogens is 1. The third-order valence-corrected chi connectivity index (χ3v) is 7.71. The Morgan fingerprint density at radius 2 is 2.00 bits per heavy atom. The highest BCUT2D eigenvalue weighted by atomic mass is 32.2. The van der Waals surface area contributed by atoms with E-state index in [-0.39, 0.29) is 24.9 Å². The van der Waals surface area contributed by atoms with Crippen LogP contribution in [0.2, 0.25) is 0 Å². The Balaban J connectivity index is 1.53. The molecular weight excluding hydrogens is 505 g/mol. The summed E-state index contributed by atoms with van der Waals surface area (Å²) in [6.45, 7) is 5.80. The van der Waals surface area contributed by atoms with E-state index in [0.717, 1.165) is 17.3 Å². The van der Waals surface area contributed by atoms with E-state index in [2.05, 4.69) is 10.1 Å². The van der Waals surface area contributed by atoms with Crippen LogP contribution in [-0.2, 0) is 25.1 Å². The Bertz CT molecular complexity index is 1150. The number of hydrogen-bond donors (Lipinski definition) is 3. The normalized spacial score (nSPS) is 18.4. The molecule has 3 rings (SSSR count). The fourth-order valence-corrected chi connectivity index (χ4v) is 5.09. The Hall–Kier alpha value is -2.11. The standard InChI is InChI=1S/C24H32N3O7PS/c1-17-14-27(23(31)26-21(17)29)20-10-9-19(34-20)15-33-35(25-13-18-7-5-4-6-8-18)32-11-12-36-22(30)24(2,3)16-28/h4-10,14,19-20,25,28H,11-13,15-16H2,1-3H3,(H,26,29,31). The summed E-state index contributed by atoms with van der Waals surface area (Å²) in [6.07, 6.45) is 3.94. The fourth-order valence-electron chi connectivity index (χ4n) is 3.05. The van der Waals surface area contributed by atoms with E-state index in [1.807, 2.05) is 30.3 Å². The van der Waals surface area contributed by atoms with Crippen molar-refractivity contribution in [3.63, 3.8) is 0 Å². The van der Waals surface area contributed by atoms with Crippen molar-refractivity contribution in [1.82, 2.24) is 14.6 Å². The number of carbonyl (C=O) groups excluding carboxylic acids is 1. The van der Waals surface area contributed by atoms with Gasteiger partial charge in [-0.25, -0.2) is 9.88 Å². The zero-order chi connectivity index (χ0) is 26.1. The van der Waals surface area contributed by atoms with Gasteiger partial charge in [0.15, 0.2) is 11.3 Å². The average molecular weight is 538 g/mol. The molecule has 10 nitrogen and oxygen atoms in total. The first-order valence-electron chi connectivity index (χ1n) is 11.5. The fraction of sp³-hybridized carbons (Fsp3) is 0.458. The lowest BCUT2D eigenvalue weighted by Crippen LogP contribution is -2.33. The third-order valence-electron chi connectivity index (χ3n) is 5.31. The highest BCUT2D eigenvalue weighted by Crippen LogP contribution is 2.36. The minimum absolute atomic E-state index is 0.0978. The second-order valence-electron chi connectivity index (χ2n) is 8.81. The lowest BCUT2D eigenvalue weighted by molar-refractivity contribution is -0.119. The molecule has 0 aliphatic carbocycles. The van der Waals surface area contributed by atoms with Crippen LogP contribution in [0.5, 0.6) is 0 Å². The zero-order valence-corrected chi connectivity index (χ0v) is 22.2. The first-order valence-corrected chi connectivity index (χ1v) is 13.6. The first kappa shape index (κ1) is 28.5. The molecule has 0 spiro atoms. The van der Waals surface area contributed by atoms with Gasteiger partial charge in [0.1, 0.15) is 6.10 Å². The van der Waals surface area contributed by atoms with E-state index in [9.17, 15) is 19.5 Å². The van der Waals surface area contributed by atoms with Gasteiger partial charge in [0.25, 0.3) is 14.1 Å². The van der Waals surface area contributed by atoms with E-state index >= 15 is 0 Å². The molecule has 2 aromatic rings. The molecule has 36 heavy (non-hydrogen) atoms. The number of aliphatic hydroxyl groups is 1. The van der Waals surface area contributed by atoms with Crippen molar-refractivity contribution in [3.05, 3.63) is 80.6 Å². The van der Waals surface area contributed by atoms with Crippen molar-refractivity contribution in [1.29, 1.82) is 0 Å². The number of ether oxygens (including phenoxy) is 1. The number of rotatable bonds is 13. The maximum Gasteiger partial charge on any atom is 0.330 e. The summed E-state index contributed by atoms with van der Waals surface area (Å²) in [7, 11) is -1.50. The van der Waals surface area contributed by atoms with Crippen LogP contribution in [0.3, 0.4) is 0 Å². The smallest absolute Gasteiger partial charge is 0.330 e. The zero-order valence-electron chi connectivity index (χ0n) is 20.5. The van der Waals surface area contributed by atoms with Crippen molar-refractivity contribution in [3.8, 4) is 0 Å². The number of thioether (sulfide) groups is 1. The Morgan fingerprint density at radius 3 is 2.72 bits per heavy atom. The van der Waals surface area contributed by atoms with Crippen molar-refractivity contribution >= 4 is 25.4 Å². The Labute approximate surface area is 215 Å². The molecule has 1 aromatic heterocycles. The van der Waals surface area contributed by atoms with Crippen molar-refractivity contribution in [2.45, 2.75) is 39.6 Å². The van der Waals surface area contributed by atoms with Crippen LogP contribution in [0.4, 0.5) is 0 Å². The van der Waals surface area contributed by atoms with Crippen molar-refractivity contribution in [2.24, 2.45) is 5.41 Å². The third kappa shape index (κ3) is 8.21. The lowest BCUT2D eigenvalue weighted by atomic mass is 9.97. The van der Waals surface area contributed by atoms with E-state index in [1.54, 1.807) is 32.9 Å². The predicted molar refractivity (Wildman–Crippen MR) is 140 cm³/mol. The number of aryl methyl sites for hydroxylation is 1. The van der Waals surface area contributed by atoms with Gasteiger partial charge in [0, 0.05) is 24.1 Å². The van der Waals surface area contributed by atoms with Gasteiger partial charge in [-0.2, -0.15) is 0 Å². The number of carbonyl (C=O) groups is 1. The first-order chi connectivity index (χ1) is 17.2. The van der Waals surface area contributed by atoms with Crippen LogP contribution in [0, 0.1) is 12.3 Å². The molecule has 1 aromatic carbocycles. The number of aliphatic hydroxyl groups excluding tert-OH is 1. The summed E-state index contributed by atoms with van der Waals surface area (Å²) >= 11 is 1.12. The van der Waals surface area contributed by atoms with Gasteiger partial charge < -0.3 is 18.9 Å². The molecule has 12 heteroatoms. The summed E-state index contributed by atoms with van der Waals surface area (Å²) in [6, 6.07) is 9.82. The van der Waals surface area contributed by atoms with Crippen molar-refractivity contribution < 1.29 is 23.7 Å². The summed E-state index contributed by atoms with van der Waals surface area (Å²) in [5.41, 5.74) is -0.297. The molecule has 0 bridgehead atoms. The van der Waals surface area contributed by atoms with Crippen LogP contribution in [0.25, 0.3) is 0 Å². The molecule has 0 amide bonds. The summed E-state index contributed by atoms with van der Waals surface area (Å²) in [5, 5.41) is 12.5. The minimum atomic E-state index is -1.50. The Kier molecular flexibility index (Phi) is 10.6. The molecule has 0 fully saturated rings. The maximum atomic E-state index is 12.2. The topological polar surface area (TPSA) is 132 Å². The summed E-state index contributed by atoms with van der Waals surface area (Å²) in [4.78, 5) is 38.2. The number of hydrogen-bond acceptors (Lipinski definition) is 9. The molecule has 0 saturated heterocycles. The van der Waals surface area contributed by atoms with Crippen LogP contribution >= 0.6 is 20.3 Å². The predicted octanol–water partition coefficient (Wildman–Crippen LogP) is 2.63. The van der Waals surface area contributed by atoms with E-state index in [1.165, 1.54) is 10.8 Å². The maximum absolute atomic E-state index is 12.2. The monoisotopic (exact) mass is 537 g/mol. The number of aromatic nitrogens is 2. The quantitative estimate of drug-likeness (QED) is 0.200. The average Bonchev–Trinajstić information content (AvgIpc) is 3.34. The molecule has 2 heterocycles. The Morgan fingerprint density at radius 1 is 1.25 bits per heavy atom. The number of nitrogens with one attached hydrogen (secondary N) is 2. The van der Waals surface area contributed by atoms with E-state index in [0.29, 0.717) is 17.9 Å². The molecule has 3 unspecified atom stereocenters. The molecule has 196 valence electrons. The van der Waals surface area contributed by atoms with Crippen LogP contribution in [0.1, 0.15) is 31.2 Å². The number of nitrogens with zero attached hydrogens (tertiary/aromatic N) is 1. The molecular formula is C24H32N3O7PS. The molecule has 1 aliphatic heterocycles. The van der Waals surface area contributed by atoms with Gasteiger partial charge in [-0.05, 0) is 32.4 Å². The molecule has 3 N–H and O–H groups in total. The lowest BCUT2D eigenvalue weighted by Gasteiger charge is -2.22. The summed E-state index contributed by atoms with van der Waals surface area (Å²) in [5.74, 6) is 0.424. The van der Waals surface area contributed by atoms with Gasteiger partial charge in [0.05, 0.1) is 25.2 Å². The molecule has 0 saturated carbocycles. The summed E-state index contributed by atoms with van der Waals surface area (Å²) < 4.78 is 19.1. The second kappa shape index (κ2) is 13.4. The van der Waals surface area contributed by atoms with E-state index in [4.69, 9.17) is 13.8 Å².